The minimum absolute atomic E-state index is 0.102. The molecule has 162 valence electrons. The molecule has 0 radical (unpaired) electrons. The Morgan fingerprint density at radius 3 is 2.21 bits per heavy atom. The fraction of sp³-hybridized carbons (Fsp3) is 0.526. The van der Waals surface area contributed by atoms with Crippen molar-refractivity contribution >= 4 is 17.7 Å². The zero-order valence-corrected chi connectivity index (χ0v) is 16.5. The van der Waals surface area contributed by atoms with Crippen LogP contribution in [0.4, 0.5) is 0 Å². The number of phenolic OH excluding ortho intramolecular Hbond substituents is 1. The molecular formula is C19H31N5O5. The van der Waals surface area contributed by atoms with Gasteiger partial charge in [0.25, 0.3) is 0 Å². The van der Waals surface area contributed by atoms with Crippen LogP contribution in [0.25, 0.3) is 0 Å². The summed E-state index contributed by atoms with van der Waals surface area (Å²) in [6.07, 6.45) is 0.522. The minimum Gasteiger partial charge on any atom is -0.508 e. The van der Waals surface area contributed by atoms with E-state index in [0.717, 1.165) is 5.56 Å². The number of hydrogen-bond donors (Lipinski definition) is 7. The van der Waals surface area contributed by atoms with Gasteiger partial charge in [0, 0.05) is 0 Å². The molecule has 10 heteroatoms. The van der Waals surface area contributed by atoms with Gasteiger partial charge < -0.3 is 38.0 Å². The van der Waals surface area contributed by atoms with Crippen molar-refractivity contribution in [2.75, 3.05) is 6.54 Å². The number of aromatic hydroxyl groups is 1. The molecule has 0 aliphatic heterocycles. The van der Waals surface area contributed by atoms with Crippen molar-refractivity contribution in [3.8, 4) is 5.75 Å². The zero-order chi connectivity index (χ0) is 22.0. The number of hydrogen-bond acceptors (Lipinski definition) is 7. The van der Waals surface area contributed by atoms with Gasteiger partial charge in [-0.15, -0.1) is 0 Å². The Morgan fingerprint density at radius 2 is 1.69 bits per heavy atom. The SMILES string of the molecule is C[C@@H](O)[C@H](NC(=O)[C@H](CCCCN)NC(=O)[C@@H](N)Cc1ccc(O)cc1)C(N)=O. The molecule has 0 aromatic heterocycles. The smallest absolute Gasteiger partial charge is 0.243 e. The number of primary amides is 1. The molecular weight excluding hydrogens is 378 g/mol. The number of aliphatic hydroxyl groups excluding tert-OH is 1. The number of rotatable bonds is 12. The molecule has 0 bridgehead atoms. The van der Waals surface area contributed by atoms with Gasteiger partial charge in [0.15, 0.2) is 0 Å². The van der Waals surface area contributed by atoms with Crippen molar-refractivity contribution in [1.29, 1.82) is 0 Å². The monoisotopic (exact) mass is 409 g/mol. The molecule has 1 aromatic carbocycles. The van der Waals surface area contributed by atoms with Gasteiger partial charge in [-0.3, -0.25) is 14.4 Å². The summed E-state index contributed by atoms with van der Waals surface area (Å²) in [7, 11) is 0. The molecule has 29 heavy (non-hydrogen) atoms. The summed E-state index contributed by atoms with van der Waals surface area (Å²) in [5.41, 5.74) is 17.4. The van der Waals surface area contributed by atoms with Gasteiger partial charge in [0.05, 0.1) is 12.1 Å². The number of carbonyl (C=O) groups excluding carboxylic acids is 3. The lowest BCUT2D eigenvalue weighted by atomic mass is 10.0. The van der Waals surface area contributed by atoms with Crippen LogP contribution in [0, 0.1) is 0 Å². The summed E-state index contributed by atoms with van der Waals surface area (Å²) < 4.78 is 0. The first kappa shape index (κ1) is 24.3. The summed E-state index contributed by atoms with van der Waals surface area (Å²) in [6.45, 7) is 1.76. The van der Waals surface area contributed by atoms with Crippen molar-refractivity contribution in [3.05, 3.63) is 29.8 Å². The van der Waals surface area contributed by atoms with E-state index in [1.807, 2.05) is 0 Å². The number of unbranched alkanes of at least 4 members (excludes halogenated alkanes) is 1. The first-order valence-corrected chi connectivity index (χ1v) is 9.47. The Balaban J connectivity index is 2.79. The van der Waals surface area contributed by atoms with Gasteiger partial charge in [0.2, 0.25) is 17.7 Å². The number of amides is 3. The third-order valence-corrected chi connectivity index (χ3v) is 4.40. The molecule has 0 unspecified atom stereocenters. The van der Waals surface area contributed by atoms with E-state index in [4.69, 9.17) is 17.2 Å². The predicted octanol–water partition coefficient (Wildman–Crippen LogP) is -1.77. The number of aliphatic hydroxyl groups is 1. The number of nitrogens with two attached hydrogens (primary N) is 3. The van der Waals surface area contributed by atoms with Crippen LogP contribution in [0.5, 0.6) is 5.75 Å². The summed E-state index contributed by atoms with van der Waals surface area (Å²) in [5, 5.41) is 23.9. The first-order chi connectivity index (χ1) is 13.6. The van der Waals surface area contributed by atoms with Gasteiger partial charge in [-0.05, 0) is 56.8 Å². The van der Waals surface area contributed by atoms with Crippen LogP contribution in [-0.4, -0.2) is 58.7 Å². The summed E-state index contributed by atoms with van der Waals surface area (Å²) in [4.78, 5) is 36.5. The Morgan fingerprint density at radius 1 is 1.07 bits per heavy atom. The molecule has 0 aliphatic carbocycles. The van der Waals surface area contributed by atoms with Crippen LogP contribution >= 0.6 is 0 Å². The summed E-state index contributed by atoms with van der Waals surface area (Å²) in [5.74, 6) is -1.97. The van der Waals surface area contributed by atoms with E-state index in [1.54, 1.807) is 12.1 Å². The predicted molar refractivity (Wildman–Crippen MR) is 107 cm³/mol. The molecule has 10 N–H and O–H groups in total. The third-order valence-electron chi connectivity index (χ3n) is 4.40. The average molecular weight is 409 g/mol. The first-order valence-electron chi connectivity index (χ1n) is 9.47. The molecule has 0 saturated heterocycles. The van der Waals surface area contributed by atoms with E-state index in [-0.39, 0.29) is 18.6 Å². The number of carbonyl (C=O) groups is 3. The molecule has 10 nitrogen and oxygen atoms in total. The van der Waals surface area contributed by atoms with Crippen LogP contribution in [0.2, 0.25) is 0 Å². The van der Waals surface area contributed by atoms with Crippen molar-refractivity contribution in [1.82, 2.24) is 10.6 Å². The van der Waals surface area contributed by atoms with Gasteiger partial charge >= 0.3 is 0 Å². The second kappa shape index (κ2) is 12.0. The Bertz CT molecular complexity index is 680. The highest BCUT2D eigenvalue weighted by Crippen LogP contribution is 2.11. The Hall–Kier alpha value is -2.69. The Labute approximate surface area is 169 Å². The van der Waals surface area contributed by atoms with E-state index in [1.165, 1.54) is 19.1 Å². The number of phenols is 1. The highest BCUT2D eigenvalue weighted by molar-refractivity contribution is 5.92. The van der Waals surface area contributed by atoms with Crippen LogP contribution in [0.1, 0.15) is 31.7 Å². The Kier molecular flexibility index (Phi) is 10.1. The van der Waals surface area contributed by atoms with E-state index in [2.05, 4.69) is 10.6 Å². The zero-order valence-electron chi connectivity index (χ0n) is 16.5. The lowest BCUT2D eigenvalue weighted by Crippen LogP contribution is -2.57. The normalized spacial score (nSPS) is 15.0. The van der Waals surface area contributed by atoms with Crippen molar-refractivity contribution < 1.29 is 24.6 Å². The molecule has 0 fully saturated rings. The van der Waals surface area contributed by atoms with E-state index >= 15 is 0 Å². The van der Waals surface area contributed by atoms with Gasteiger partial charge in [-0.1, -0.05) is 12.1 Å². The van der Waals surface area contributed by atoms with E-state index < -0.39 is 42.0 Å². The molecule has 0 heterocycles. The highest BCUT2D eigenvalue weighted by atomic mass is 16.3. The second-order valence-electron chi connectivity index (χ2n) is 6.95. The number of nitrogens with one attached hydrogen (secondary N) is 2. The molecule has 0 spiro atoms. The summed E-state index contributed by atoms with van der Waals surface area (Å²) >= 11 is 0. The average Bonchev–Trinajstić information content (AvgIpc) is 2.66. The van der Waals surface area contributed by atoms with Crippen LogP contribution in [-0.2, 0) is 20.8 Å². The molecule has 4 atom stereocenters. The lowest BCUT2D eigenvalue weighted by molar-refractivity contribution is -0.133. The molecule has 0 saturated carbocycles. The molecule has 1 aromatic rings. The standard InChI is InChI=1S/C19H31N5O5/c1-11(25)16(17(22)27)24-19(29)15(4-2-3-9-20)23-18(28)14(21)10-12-5-7-13(26)8-6-12/h5-8,11,14-16,25-26H,2-4,9-10,20-21H2,1H3,(H2,22,27)(H,23,28)(H,24,29)/t11-,14+,15+,16+/m1/s1. The summed E-state index contributed by atoms with van der Waals surface area (Å²) in [6, 6.07) is 3.12. The maximum absolute atomic E-state index is 12.6. The van der Waals surface area contributed by atoms with Crippen LogP contribution in [0.15, 0.2) is 24.3 Å². The minimum atomic E-state index is -1.28. The fourth-order valence-corrected chi connectivity index (χ4v) is 2.70. The van der Waals surface area contributed by atoms with Crippen LogP contribution in [0.3, 0.4) is 0 Å². The largest absolute Gasteiger partial charge is 0.508 e. The maximum atomic E-state index is 12.6. The molecule has 0 aliphatic rings. The van der Waals surface area contributed by atoms with E-state index in [0.29, 0.717) is 19.4 Å². The highest BCUT2D eigenvalue weighted by Gasteiger charge is 2.29. The lowest BCUT2D eigenvalue weighted by Gasteiger charge is -2.24. The van der Waals surface area contributed by atoms with Crippen molar-refractivity contribution in [2.45, 2.75) is 56.8 Å². The van der Waals surface area contributed by atoms with Crippen LogP contribution < -0.4 is 27.8 Å². The van der Waals surface area contributed by atoms with Crippen molar-refractivity contribution in [3.63, 3.8) is 0 Å². The van der Waals surface area contributed by atoms with Gasteiger partial charge in [-0.2, -0.15) is 0 Å². The quantitative estimate of drug-likeness (QED) is 0.198. The van der Waals surface area contributed by atoms with E-state index in [9.17, 15) is 24.6 Å². The fourth-order valence-electron chi connectivity index (χ4n) is 2.70. The second-order valence-corrected chi connectivity index (χ2v) is 6.95. The molecule has 3 amide bonds. The third kappa shape index (κ3) is 8.46. The molecule has 1 rings (SSSR count). The van der Waals surface area contributed by atoms with Gasteiger partial charge in [0.1, 0.15) is 17.8 Å². The number of benzene rings is 1. The van der Waals surface area contributed by atoms with Crippen molar-refractivity contribution in [2.24, 2.45) is 17.2 Å². The topological polar surface area (TPSA) is 194 Å². The van der Waals surface area contributed by atoms with Gasteiger partial charge in [-0.25, -0.2) is 0 Å². The maximum Gasteiger partial charge on any atom is 0.243 e.